The van der Waals surface area contributed by atoms with Crippen LogP contribution in [0.1, 0.15) is 16.7 Å². The van der Waals surface area contributed by atoms with Gasteiger partial charge in [-0.05, 0) is 11.1 Å². The molecule has 0 atom stereocenters. The molecule has 0 spiro atoms. The molecule has 4 heteroatoms. The van der Waals surface area contributed by atoms with Crippen molar-refractivity contribution in [2.75, 3.05) is 7.11 Å². The maximum absolute atomic E-state index is 11.2. The summed E-state index contributed by atoms with van der Waals surface area (Å²) in [6.07, 6.45) is 3.73. The summed E-state index contributed by atoms with van der Waals surface area (Å²) in [6, 6.07) is 16.8. The summed E-state index contributed by atoms with van der Waals surface area (Å²) >= 11 is 0. The molecule has 0 fully saturated rings. The van der Waals surface area contributed by atoms with Crippen molar-refractivity contribution in [2.24, 2.45) is 5.16 Å². The van der Waals surface area contributed by atoms with Crippen LogP contribution in [0.15, 0.2) is 59.8 Å². The van der Waals surface area contributed by atoms with E-state index in [2.05, 4.69) is 9.99 Å². The maximum Gasteiger partial charge on any atom is 0.133 e. The molecule has 2 rings (SSSR count). The molecule has 0 bridgehead atoms. The number of nitrogens with zero attached hydrogens (tertiary/aromatic N) is 1. The zero-order valence-electron chi connectivity index (χ0n) is 11.5. The molecule has 0 N–H and O–H groups in total. The first-order chi connectivity index (χ1) is 10.2. The molecule has 0 saturated carbocycles. The number of carbonyl (C=O) groups excluding carboxylic acids is 1. The minimum Gasteiger partial charge on any atom is -0.543 e. The van der Waals surface area contributed by atoms with Gasteiger partial charge in [-0.15, -0.1) is 0 Å². The van der Waals surface area contributed by atoms with Crippen molar-refractivity contribution in [1.29, 1.82) is 0 Å². The van der Waals surface area contributed by atoms with Crippen LogP contribution in [0.2, 0.25) is 0 Å². The third-order valence-electron chi connectivity index (χ3n) is 2.85. The minimum absolute atomic E-state index is 0.231. The van der Waals surface area contributed by atoms with Crippen molar-refractivity contribution in [2.45, 2.75) is 0 Å². The third kappa shape index (κ3) is 3.79. The highest BCUT2D eigenvalue weighted by molar-refractivity contribution is 6.42. The number of carbonyl (C=O) groups is 1. The summed E-state index contributed by atoms with van der Waals surface area (Å²) < 4.78 is 0. The van der Waals surface area contributed by atoms with Gasteiger partial charge < -0.3 is 14.7 Å². The topological polar surface area (TPSA) is 61.7 Å². The van der Waals surface area contributed by atoms with E-state index in [-0.39, 0.29) is 5.71 Å². The number of carboxylic acids is 1. The summed E-state index contributed by atoms with van der Waals surface area (Å²) in [7, 11) is 1.30. The maximum atomic E-state index is 11.2. The molecule has 0 amide bonds. The average Bonchev–Trinajstić information content (AvgIpc) is 2.52. The highest BCUT2D eigenvalue weighted by Crippen LogP contribution is 2.14. The molecule has 0 radical (unpaired) electrons. The van der Waals surface area contributed by atoms with E-state index >= 15 is 0 Å². The van der Waals surface area contributed by atoms with Crippen molar-refractivity contribution in [3.05, 3.63) is 71.3 Å². The van der Waals surface area contributed by atoms with Gasteiger partial charge in [-0.3, -0.25) is 0 Å². The number of oxime groups is 1. The fraction of sp³-hybridized carbons (Fsp3) is 0.0588. The molecule has 0 aromatic heterocycles. The third-order valence-corrected chi connectivity index (χ3v) is 2.85. The molecule has 4 nitrogen and oxygen atoms in total. The molecule has 0 unspecified atom stereocenters. The lowest BCUT2D eigenvalue weighted by molar-refractivity contribution is -0.294. The van der Waals surface area contributed by atoms with E-state index in [1.54, 1.807) is 12.1 Å². The molecule has 0 aliphatic rings. The number of benzene rings is 2. The zero-order chi connectivity index (χ0) is 15.1. The van der Waals surface area contributed by atoms with Gasteiger partial charge in [-0.1, -0.05) is 71.9 Å². The second kappa shape index (κ2) is 7.05. The minimum atomic E-state index is -1.38. The number of carboxylic acid groups (broad SMARTS) is 1. The van der Waals surface area contributed by atoms with Crippen LogP contribution < -0.4 is 5.11 Å². The summed E-state index contributed by atoms with van der Waals surface area (Å²) in [5, 5.41) is 14.7. The van der Waals surface area contributed by atoms with Crippen LogP contribution in [0, 0.1) is 0 Å². The molecule has 0 saturated heterocycles. The second-order valence-electron chi connectivity index (χ2n) is 4.24. The van der Waals surface area contributed by atoms with E-state index in [9.17, 15) is 9.90 Å². The van der Waals surface area contributed by atoms with Crippen molar-refractivity contribution >= 4 is 23.8 Å². The summed E-state index contributed by atoms with van der Waals surface area (Å²) in [5.41, 5.74) is 1.96. The number of rotatable bonds is 5. The first-order valence-electron chi connectivity index (χ1n) is 6.37. The Morgan fingerprint density at radius 2 is 1.71 bits per heavy atom. The SMILES string of the molecule is CO/N=C(\C(=O)[O-])c1ccccc1/C=C/c1ccccc1. The van der Waals surface area contributed by atoms with E-state index in [4.69, 9.17) is 0 Å². The zero-order valence-corrected chi connectivity index (χ0v) is 11.5. The Balaban J connectivity index is 2.39. The van der Waals surface area contributed by atoms with Gasteiger partial charge in [0.05, 0.1) is 5.97 Å². The van der Waals surface area contributed by atoms with Crippen LogP contribution in [-0.4, -0.2) is 18.8 Å². The van der Waals surface area contributed by atoms with Gasteiger partial charge in [0.15, 0.2) is 0 Å². The van der Waals surface area contributed by atoms with Crippen molar-refractivity contribution in [3.63, 3.8) is 0 Å². The molecular formula is C17H14NO3-. The van der Waals surface area contributed by atoms with Crippen LogP contribution in [-0.2, 0) is 9.63 Å². The largest absolute Gasteiger partial charge is 0.543 e. The highest BCUT2D eigenvalue weighted by Gasteiger charge is 2.09. The fourth-order valence-electron chi connectivity index (χ4n) is 1.90. The van der Waals surface area contributed by atoms with E-state index in [1.165, 1.54) is 7.11 Å². The summed E-state index contributed by atoms with van der Waals surface area (Å²) in [6.45, 7) is 0. The van der Waals surface area contributed by atoms with E-state index in [0.29, 0.717) is 5.56 Å². The van der Waals surface area contributed by atoms with Crippen LogP contribution in [0.25, 0.3) is 12.2 Å². The first kappa shape index (κ1) is 14.5. The number of hydrogen-bond acceptors (Lipinski definition) is 4. The molecule has 2 aromatic carbocycles. The highest BCUT2D eigenvalue weighted by atomic mass is 16.6. The normalized spacial score (nSPS) is 11.6. The van der Waals surface area contributed by atoms with Gasteiger partial charge in [0.25, 0.3) is 0 Å². The van der Waals surface area contributed by atoms with Gasteiger partial charge in [0.1, 0.15) is 12.8 Å². The Morgan fingerprint density at radius 3 is 2.38 bits per heavy atom. The lowest BCUT2D eigenvalue weighted by Gasteiger charge is -2.09. The molecule has 0 aliphatic carbocycles. The predicted molar refractivity (Wildman–Crippen MR) is 80.4 cm³/mol. The Kier molecular flexibility index (Phi) is 4.88. The smallest absolute Gasteiger partial charge is 0.133 e. The van der Waals surface area contributed by atoms with E-state index < -0.39 is 5.97 Å². The Morgan fingerprint density at radius 1 is 1.05 bits per heavy atom. The van der Waals surface area contributed by atoms with E-state index in [1.807, 2.05) is 54.6 Å². The van der Waals surface area contributed by atoms with Gasteiger partial charge >= 0.3 is 0 Å². The molecule has 21 heavy (non-hydrogen) atoms. The molecule has 0 aliphatic heterocycles. The van der Waals surface area contributed by atoms with E-state index in [0.717, 1.165) is 11.1 Å². The quantitative estimate of drug-likeness (QED) is 0.478. The van der Waals surface area contributed by atoms with Gasteiger partial charge in [0.2, 0.25) is 0 Å². The van der Waals surface area contributed by atoms with Crippen molar-refractivity contribution in [3.8, 4) is 0 Å². The standard InChI is InChI=1S/C17H15NO3/c1-21-18-16(17(19)20)15-10-6-5-9-14(15)12-11-13-7-3-2-4-8-13/h2-12H,1H3,(H,19,20)/p-1/b12-11+,18-16-. The van der Waals surface area contributed by atoms with Crippen LogP contribution in [0.5, 0.6) is 0 Å². The average molecular weight is 280 g/mol. The molecule has 106 valence electrons. The second-order valence-corrected chi connectivity index (χ2v) is 4.24. The fourth-order valence-corrected chi connectivity index (χ4v) is 1.90. The summed E-state index contributed by atoms with van der Waals surface area (Å²) in [5.74, 6) is -1.38. The molecule has 0 heterocycles. The van der Waals surface area contributed by atoms with Crippen LogP contribution in [0.4, 0.5) is 0 Å². The number of aliphatic carboxylic acids is 1. The lowest BCUT2D eigenvalue weighted by atomic mass is 10.0. The van der Waals surface area contributed by atoms with Gasteiger partial charge in [0, 0.05) is 5.56 Å². The predicted octanol–water partition coefficient (Wildman–Crippen LogP) is 1.96. The number of hydrogen-bond donors (Lipinski definition) is 0. The summed E-state index contributed by atoms with van der Waals surface area (Å²) in [4.78, 5) is 15.8. The van der Waals surface area contributed by atoms with Gasteiger partial charge in [-0.2, -0.15) is 0 Å². The van der Waals surface area contributed by atoms with Crippen LogP contribution >= 0.6 is 0 Å². The first-order valence-corrected chi connectivity index (χ1v) is 6.37. The van der Waals surface area contributed by atoms with Gasteiger partial charge in [-0.25, -0.2) is 0 Å². The van der Waals surface area contributed by atoms with Crippen molar-refractivity contribution in [1.82, 2.24) is 0 Å². The molecular weight excluding hydrogens is 266 g/mol. The lowest BCUT2D eigenvalue weighted by Crippen LogP contribution is -2.33. The Bertz CT molecular complexity index is 675. The molecule has 2 aromatic rings. The Labute approximate surface area is 123 Å². The van der Waals surface area contributed by atoms with Crippen LogP contribution in [0.3, 0.4) is 0 Å². The Hall–Kier alpha value is -2.88. The van der Waals surface area contributed by atoms with Crippen molar-refractivity contribution < 1.29 is 14.7 Å². The monoisotopic (exact) mass is 280 g/mol.